The van der Waals surface area contributed by atoms with Crippen LogP contribution in [0.2, 0.25) is 0 Å². The van der Waals surface area contributed by atoms with Crippen LogP contribution in [0, 0.1) is 0 Å². The van der Waals surface area contributed by atoms with E-state index < -0.39 is 0 Å². The molecule has 2 rings (SSSR count). The first-order chi connectivity index (χ1) is 7.26. The van der Waals surface area contributed by atoms with Gasteiger partial charge in [0.25, 0.3) is 0 Å². The zero-order valence-corrected chi connectivity index (χ0v) is 8.95. The van der Waals surface area contributed by atoms with Crippen LogP contribution in [-0.4, -0.2) is 13.9 Å². The minimum absolute atomic E-state index is 0.00778. The molecule has 0 amide bonds. The van der Waals surface area contributed by atoms with Crippen LogP contribution >= 0.6 is 0 Å². The van der Waals surface area contributed by atoms with Gasteiger partial charge in [-0.25, -0.2) is 0 Å². The Morgan fingerprint density at radius 3 is 2.93 bits per heavy atom. The molecule has 0 radical (unpaired) electrons. The highest BCUT2D eigenvalue weighted by atomic mass is 16.7. The van der Waals surface area contributed by atoms with Crippen LogP contribution in [0.3, 0.4) is 0 Å². The van der Waals surface area contributed by atoms with Crippen LogP contribution in [0.5, 0.6) is 17.2 Å². The highest BCUT2D eigenvalue weighted by Crippen LogP contribution is 2.42. The normalized spacial score (nSPS) is 15.1. The number of ether oxygens (including phenoxy) is 3. The van der Waals surface area contributed by atoms with Gasteiger partial charge in [0.05, 0.1) is 7.11 Å². The van der Waals surface area contributed by atoms with Gasteiger partial charge in [-0.05, 0) is 24.1 Å². The molecule has 0 unspecified atom stereocenters. The second-order valence-electron chi connectivity index (χ2n) is 3.47. The predicted molar refractivity (Wildman–Crippen MR) is 56.3 cm³/mol. The quantitative estimate of drug-likeness (QED) is 0.825. The highest BCUT2D eigenvalue weighted by Gasteiger charge is 2.21. The molecule has 1 aromatic carbocycles. The summed E-state index contributed by atoms with van der Waals surface area (Å²) in [5, 5.41) is 0. The van der Waals surface area contributed by atoms with Crippen molar-refractivity contribution in [2.24, 2.45) is 5.73 Å². The summed E-state index contributed by atoms with van der Waals surface area (Å²) in [4.78, 5) is 0. The maximum atomic E-state index is 5.96. The third-order valence-electron chi connectivity index (χ3n) is 2.55. The van der Waals surface area contributed by atoms with E-state index >= 15 is 0 Å². The lowest BCUT2D eigenvalue weighted by Crippen LogP contribution is -2.08. The monoisotopic (exact) mass is 209 g/mol. The number of benzene rings is 1. The fraction of sp³-hybridized carbons (Fsp3) is 0.455. The molecule has 0 fully saturated rings. The Morgan fingerprint density at radius 2 is 2.27 bits per heavy atom. The number of nitrogens with two attached hydrogens (primary N) is 1. The zero-order valence-electron chi connectivity index (χ0n) is 8.95. The van der Waals surface area contributed by atoms with E-state index in [9.17, 15) is 0 Å². The van der Waals surface area contributed by atoms with Gasteiger partial charge in [-0.3, -0.25) is 0 Å². The first-order valence-electron chi connectivity index (χ1n) is 4.99. The first-order valence-corrected chi connectivity index (χ1v) is 4.99. The summed E-state index contributed by atoms with van der Waals surface area (Å²) >= 11 is 0. The van der Waals surface area contributed by atoms with Crippen molar-refractivity contribution >= 4 is 0 Å². The summed E-state index contributed by atoms with van der Waals surface area (Å²) in [5.41, 5.74) is 6.97. The van der Waals surface area contributed by atoms with E-state index in [4.69, 9.17) is 19.9 Å². The van der Waals surface area contributed by atoms with E-state index in [0.29, 0.717) is 17.2 Å². The van der Waals surface area contributed by atoms with Crippen LogP contribution in [0.15, 0.2) is 12.1 Å². The topological polar surface area (TPSA) is 53.7 Å². The maximum absolute atomic E-state index is 5.96. The summed E-state index contributed by atoms with van der Waals surface area (Å²) in [6, 6.07) is 3.83. The SMILES string of the molecule is CC[C@H](N)c1cc(OC)c2c(c1)OCO2. The fourth-order valence-corrected chi connectivity index (χ4v) is 1.60. The number of hydrogen-bond donors (Lipinski definition) is 1. The van der Waals surface area contributed by atoms with Gasteiger partial charge in [0.15, 0.2) is 11.5 Å². The third-order valence-corrected chi connectivity index (χ3v) is 2.55. The van der Waals surface area contributed by atoms with Crippen molar-refractivity contribution in [1.82, 2.24) is 0 Å². The summed E-state index contributed by atoms with van der Waals surface area (Å²) < 4.78 is 15.9. The van der Waals surface area contributed by atoms with E-state index in [1.165, 1.54) is 0 Å². The molecule has 0 bridgehead atoms. The third kappa shape index (κ3) is 1.72. The number of methoxy groups -OCH3 is 1. The number of hydrogen-bond acceptors (Lipinski definition) is 4. The molecule has 0 saturated carbocycles. The van der Waals surface area contributed by atoms with Crippen molar-refractivity contribution in [3.8, 4) is 17.2 Å². The van der Waals surface area contributed by atoms with Crippen molar-refractivity contribution in [2.75, 3.05) is 13.9 Å². The average Bonchev–Trinajstić information content (AvgIpc) is 2.74. The van der Waals surface area contributed by atoms with Crippen LogP contribution in [0.4, 0.5) is 0 Å². The molecule has 0 aromatic heterocycles. The first kappa shape index (κ1) is 10.1. The lowest BCUT2D eigenvalue weighted by molar-refractivity contribution is 0.171. The lowest BCUT2D eigenvalue weighted by Gasteiger charge is -2.12. The molecular weight excluding hydrogens is 194 g/mol. The molecule has 4 nitrogen and oxygen atoms in total. The van der Waals surface area contributed by atoms with Gasteiger partial charge >= 0.3 is 0 Å². The summed E-state index contributed by atoms with van der Waals surface area (Å²) in [6.07, 6.45) is 0.878. The van der Waals surface area contributed by atoms with Crippen LogP contribution in [0.25, 0.3) is 0 Å². The van der Waals surface area contributed by atoms with Crippen molar-refractivity contribution < 1.29 is 14.2 Å². The molecule has 15 heavy (non-hydrogen) atoms. The van der Waals surface area contributed by atoms with E-state index in [1.54, 1.807) is 7.11 Å². The van der Waals surface area contributed by atoms with Crippen LogP contribution in [0.1, 0.15) is 24.9 Å². The van der Waals surface area contributed by atoms with Crippen LogP contribution in [-0.2, 0) is 0 Å². The standard InChI is InChI=1S/C11H15NO3/c1-3-8(12)7-4-9(13-2)11-10(5-7)14-6-15-11/h4-5,8H,3,6,12H2,1-2H3/t8-/m0/s1. The van der Waals surface area contributed by atoms with Crippen molar-refractivity contribution in [3.63, 3.8) is 0 Å². The Morgan fingerprint density at radius 1 is 1.47 bits per heavy atom. The summed E-state index contributed by atoms with van der Waals surface area (Å²) in [6.45, 7) is 2.29. The van der Waals surface area contributed by atoms with Crippen molar-refractivity contribution in [3.05, 3.63) is 17.7 Å². The molecule has 2 N–H and O–H groups in total. The van der Waals surface area contributed by atoms with Crippen molar-refractivity contribution in [1.29, 1.82) is 0 Å². The molecule has 0 spiro atoms. The average molecular weight is 209 g/mol. The predicted octanol–water partition coefficient (Wildman–Crippen LogP) is 1.83. The minimum Gasteiger partial charge on any atom is -0.493 e. The van der Waals surface area contributed by atoms with E-state index in [2.05, 4.69) is 0 Å². The highest BCUT2D eigenvalue weighted by molar-refractivity contribution is 5.55. The van der Waals surface area contributed by atoms with Gasteiger partial charge in [0.2, 0.25) is 12.5 Å². The van der Waals surface area contributed by atoms with Gasteiger partial charge in [-0.2, -0.15) is 0 Å². The second-order valence-corrected chi connectivity index (χ2v) is 3.47. The zero-order chi connectivity index (χ0) is 10.8. The minimum atomic E-state index is 0.00778. The second kappa shape index (κ2) is 3.98. The van der Waals surface area contributed by atoms with E-state index in [0.717, 1.165) is 12.0 Å². The van der Waals surface area contributed by atoms with Crippen LogP contribution < -0.4 is 19.9 Å². The van der Waals surface area contributed by atoms with Gasteiger partial charge in [-0.1, -0.05) is 6.92 Å². The number of fused-ring (bicyclic) bond motifs is 1. The molecule has 1 atom stereocenters. The Hall–Kier alpha value is -1.42. The van der Waals surface area contributed by atoms with Gasteiger partial charge in [0.1, 0.15) is 0 Å². The van der Waals surface area contributed by atoms with E-state index in [1.807, 2.05) is 19.1 Å². The van der Waals surface area contributed by atoms with E-state index in [-0.39, 0.29) is 12.8 Å². The molecule has 4 heteroatoms. The lowest BCUT2D eigenvalue weighted by atomic mass is 10.0. The van der Waals surface area contributed by atoms with Crippen molar-refractivity contribution in [2.45, 2.75) is 19.4 Å². The van der Waals surface area contributed by atoms with Gasteiger partial charge < -0.3 is 19.9 Å². The molecular formula is C11H15NO3. The molecule has 1 aromatic rings. The largest absolute Gasteiger partial charge is 0.493 e. The molecule has 82 valence electrons. The Kier molecular flexibility index (Phi) is 2.68. The summed E-state index contributed by atoms with van der Waals surface area (Å²) in [5.74, 6) is 2.07. The Labute approximate surface area is 88.9 Å². The number of rotatable bonds is 3. The van der Waals surface area contributed by atoms with Gasteiger partial charge in [-0.15, -0.1) is 0 Å². The maximum Gasteiger partial charge on any atom is 0.231 e. The molecule has 0 aliphatic carbocycles. The Bertz CT molecular complexity index is 365. The molecule has 1 heterocycles. The molecule has 0 saturated heterocycles. The molecule has 1 aliphatic rings. The van der Waals surface area contributed by atoms with Gasteiger partial charge in [0, 0.05) is 6.04 Å². The summed E-state index contributed by atoms with van der Waals surface area (Å²) in [7, 11) is 1.61. The fourth-order valence-electron chi connectivity index (χ4n) is 1.60. The molecule has 1 aliphatic heterocycles. The smallest absolute Gasteiger partial charge is 0.231 e. The Balaban J connectivity index is 2.43.